The largest absolute Gasteiger partial charge is 0.379 e. The summed E-state index contributed by atoms with van der Waals surface area (Å²) in [7, 11) is 0. The molecule has 0 saturated carbocycles. The van der Waals surface area contributed by atoms with E-state index in [-0.39, 0.29) is 0 Å². The Labute approximate surface area is 130 Å². The molecule has 0 bridgehead atoms. The van der Waals surface area contributed by atoms with Crippen LogP contribution in [-0.2, 0) is 24.1 Å². The van der Waals surface area contributed by atoms with Crippen molar-refractivity contribution in [2.45, 2.75) is 45.7 Å². The molecule has 2 aromatic rings. The van der Waals surface area contributed by atoms with Gasteiger partial charge in [0.05, 0.1) is 25.4 Å². The molecule has 1 fully saturated rings. The van der Waals surface area contributed by atoms with Crippen LogP contribution in [0.15, 0.2) is 12.3 Å². The van der Waals surface area contributed by atoms with Crippen LogP contribution in [0.5, 0.6) is 0 Å². The Balaban J connectivity index is 1.64. The Morgan fingerprint density at radius 3 is 2.91 bits per heavy atom. The second-order valence-corrected chi connectivity index (χ2v) is 5.43. The second kappa shape index (κ2) is 6.83. The summed E-state index contributed by atoms with van der Waals surface area (Å²) in [5, 5.41) is 11.7. The maximum absolute atomic E-state index is 5.38. The molecule has 0 radical (unpaired) electrons. The molecule has 0 amide bonds. The van der Waals surface area contributed by atoms with Crippen molar-refractivity contribution in [1.29, 1.82) is 0 Å². The minimum absolute atomic E-state index is 0.318. The molecule has 7 nitrogen and oxygen atoms in total. The second-order valence-electron chi connectivity index (χ2n) is 5.43. The van der Waals surface area contributed by atoms with Crippen LogP contribution in [0.2, 0.25) is 0 Å². The Hall–Kier alpha value is -2.02. The zero-order valence-corrected chi connectivity index (χ0v) is 13.1. The van der Waals surface area contributed by atoms with Gasteiger partial charge in [-0.3, -0.25) is 0 Å². The summed E-state index contributed by atoms with van der Waals surface area (Å²) in [6.07, 6.45) is 4.72. The zero-order chi connectivity index (χ0) is 15.4. The lowest BCUT2D eigenvalue weighted by Crippen LogP contribution is -2.09. The molecule has 0 aliphatic carbocycles. The molecule has 3 heterocycles. The standard InChI is InChI=1S/C15H22N6O/c1-3-11-7-15(18-14(4-2)17-11)16-8-12-9-21(20-19-12)13-5-6-22-10-13/h7,9,13H,3-6,8,10H2,1-2H3,(H,16,17,18). The first-order chi connectivity index (χ1) is 10.8. The van der Waals surface area contributed by atoms with Gasteiger partial charge in [-0.15, -0.1) is 5.10 Å². The molecule has 22 heavy (non-hydrogen) atoms. The van der Waals surface area contributed by atoms with E-state index in [0.29, 0.717) is 12.6 Å². The number of aromatic nitrogens is 5. The SMILES string of the molecule is CCc1cc(NCc2cn(C3CCOC3)nn2)nc(CC)n1. The Kier molecular flexibility index (Phi) is 4.62. The Morgan fingerprint density at radius 2 is 2.18 bits per heavy atom. The summed E-state index contributed by atoms with van der Waals surface area (Å²) in [5.41, 5.74) is 1.96. The molecule has 0 aromatic carbocycles. The summed E-state index contributed by atoms with van der Waals surface area (Å²) < 4.78 is 7.28. The summed E-state index contributed by atoms with van der Waals surface area (Å²) in [6.45, 7) is 6.30. The smallest absolute Gasteiger partial charge is 0.130 e. The van der Waals surface area contributed by atoms with Gasteiger partial charge >= 0.3 is 0 Å². The van der Waals surface area contributed by atoms with Gasteiger partial charge in [0, 0.05) is 24.8 Å². The van der Waals surface area contributed by atoms with E-state index < -0.39 is 0 Å². The molecular weight excluding hydrogens is 280 g/mol. The van der Waals surface area contributed by atoms with Crippen LogP contribution in [-0.4, -0.2) is 38.2 Å². The first-order valence-corrected chi connectivity index (χ1v) is 7.87. The Morgan fingerprint density at radius 1 is 1.27 bits per heavy atom. The van der Waals surface area contributed by atoms with Crippen LogP contribution in [0.1, 0.15) is 43.5 Å². The number of rotatable bonds is 6. The van der Waals surface area contributed by atoms with E-state index in [9.17, 15) is 0 Å². The van der Waals surface area contributed by atoms with E-state index in [1.165, 1.54) is 0 Å². The lowest BCUT2D eigenvalue weighted by atomic mass is 10.3. The monoisotopic (exact) mass is 302 g/mol. The summed E-state index contributed by atoms with van der Waals surface area (Å²) in [5.74, 6) is 1.72. The number of nitrogens with one attached hydrogen (secondary N) is 1. The van der Waals surface area contributed by atoms with Crippen LogP contribution >= 0.6 is 0 Å². The van der Waals surface area contributed by atoms with Crippen molar-refractivity contribution in [2.24, 2.45) is 0 Å². The van der Waals surface area contributed by atoms with E-state index in [0.717, 1.165) is 55.5 Å². The molecule has 1 aliphatic rings. The molecule has 1 unspecified atom stereocenters. The molecule has 1 N–H and O–H groups in total. The molecular formula is C15H22N6O. The van der Waals surface area contributed by atoms with Gasteiger partial charge < -0.3 is 10.1 Å². The lowest BCUT2D eigenvalue weighted by Gasteiger charge is -2.07. The van der Waals surface area contributed by atoms with Gasteiger partial charge in [0.15, 0.2) is 0 Å². The topological polar surface area (TPSA) is 77.8 Å². The maximum atomic E-state index is 5.38. The average Bonchev–Trinajstić information content (AvgIpc) is 3.23. The van der Waals surface area contributed by atoms with Crippen molar-refractivity contribution in [1.82, 2.24) is 25.0 Å². The highest BCUT2D eigenvalue weighted by molar-refractivity contribution is 5.36. The number of nitrogens with zero attached hydrogens (tertiary/aromatic N) is 5. The fourth-order valence-corrected chi connectivity index (χ4v) is 2.47. The van der Waals surface area contributed by atoms with Crippen molar-refractivity contribution in [3.63, 3.8) is 0 Å². The van der Waals surface area contributed by atoms with E-state index in [2.05, 4.69) is 39.4 Å². The van der Waals surface area contributed by atoms with E-state index in [4.69, 9.17) is 4.74 Å². The molecule has 7 heteroatoms. The maximum Gasteiger partial charge on any atom is 0.130 e. The van der Waals surface area contributed by atoms with Gasteiger partial charge in [0.2, 0.25) is 0 Å². The van der Waals surface area contributed by atoms with Crippen molar-refractivity contribution < 1.29 is 4.74 Å². The van der Waals surface area contributed by atoms with Crippen molar-refractivity contribution in [3.05, 3.63) is 29.5 Å². The first-order valence-electron chi connectivity index (χ1n) is 7.87. The minimum Gasteiger partial charge on any atom is -0.379 e. The highest BCUT2D eigenvalue weighted by Gasteiger charge is 2.18. The van der Waals surface area contributed by atoms with Crippen LogP contribution < -0.4 is 5.32 Å². The van der Waals surface area contributed by atoms with Gasteiger partial charge in [-0.2, -0.15) is 0 Å². The number of anilines is 1. The van der Waals surface area contributed by atoms with Crippen LogP contribution in [0.25, 0.3) is 0 Å². The van der Waals surface area contributed by atoms with Gasteiger partial charge in [-0.05, 0) is 12.8 Å². The highest BCUT2D eigenvalue weighted by Crippen LogP contribution is 2.17. The van der Waals surface area contributed by atoms with E-state index >= 15 is 0 Å². The molecule has 2 aromatic heterocycles. The zero-order valence-electron chi connectivity index (χ0n) is 13.1. The number of hydrogen-bond acceptors (Lipinski definition) is 6. The first kappa shape index (κ1) is 14.9. The van der Waals surface area contributed by atoms with Crippen molar-refractivity contribution in [3.8, 4) is 0 Å². The lowest BCUT2D eigenvalue weighted by molar-refractivity contribution is 0.184. The van der Waals surface area contributed by atoms with Gasteiger partial charge in [0.25, 0.3) is 0 Å². The fraction of sp³-hybridized carbons (Fsp3) is 0.600. The molecule has 1 saturated heterocycles. The molecule has 3 rings (SSSR count). The molecule has 1 aliphatic heterocycles. The number of hydrogen-bond donors (Lipinski definition) is 1. The fourth-order valence-electron chi connectivity index (χ4n) is 2.47. The highest BCUT2D eigenvalue weighted by atomic mass is 16.5. The predicted octanol–water partition coefficient (Wildman–Crippen LogP) is 1.77. The quantitative estimate of drug-likeness (QED) is 0.876. The third kappa shape index (κ3) is 3.41. The third-order valence-electron chi connectivity index (χ3n) is 3.79. The van der Waals surface area contributed by atoms with Crippen molar-refractivity contribution in [2.75, 3.05) is 18.5 Å². The van der Waals surface area contributed by atoms with Crippen LogP contribution in [0, 0.1) is 0 Å². The average molecular weight is 302 g/mol. The normalized spacial score (nSPS) is 17.8. The molecule has 118 valence electrons. The van der Waals surface area contributed by atoms with Crippen LogP contribution in [0.4, 0.5) is 5.82 Å². The predicted molar refractivity (Wildman–Crippen MR) is 82.6 cm³/mol. The summed E-state index contributed by atoms with van der Waals surface area (Å²) in [6, 6.07) is 2.31. The van der Waals surface area contributed by atoms with E-state index in [1.807, 2.05) is 16.9 Å². The number of aryl methyl sites for hydroxylation is 2. The third-order valence-corrected chi connectivity index (χ3v) is 3.79. The summed E-state index contributed by atoms with van der Waals surface area (Å²) in [4.78, 5) is 8.99. The molecule has 1 atom stereocenters. The number of ether oxygens (including phenoxy) is 1. The molecule has 0 spiro atoms. The van der Waals surface area contributed by atoms with E-state index in [1.54, 1.807) is 0 Å². The van der Waals surface area contributed by atoms with Gasteiger partial charge in [-0.25, -0.2) is 14.6 Å². The van der Waals surface area contributed by atoms with Gasteiger partial charge in [-0.1, -0.05) is 19.1 Å². The summed E-state index contributed by atoms with van der Waals surface area (Å²) >= 11 is 0. The van der Waals surface area contributed by atoms with Gasteiger partial charge in [0.1, 0.15) is 17.3 Å². The Bertz CT molecular complexity index is 598. The minimum atomic E-state index is 0.318. The van der Waals surface area contributed by atoms with Crippen LogP contribution in [0.3, 0.4) is 0 Å². The van der Waals surface area contributed by atoms with Crippen molar-refractivity contribution >= 4 is 5.82 Å².